The van der Waals surface area contributed by atoms with Crippen LogP contribution in [0.2, 0.25) is 0 Å². The molecular weight excluding hydrogens is 138 g/mol. The Morgan fingerprint density at radius 3 is 1.67 bits per heavy atom. The first-order chi connectivity index (χ1) is 3.85. The van der Waals surface area contributed by atoms with Gasteiger partial charge in [-0.15, -0.1) is 0 Å². The van der Waals surface area contributed by atoms with Crippen molar-refractivity contribution in [3.8, 4) is 0 Å². The predicted octanol–water partition coefficient (Wildman–Crippen LogP) is 0.405. The van der Waals surface area contributed by atoms with Crippen LogP contribution in [0.4, 0.5) is 0 Å². The average Bonchev–Trinajstić information content (AvgIpc) is 1.62. The smallest absolute Gasteiger partial charge is 0.204 e. The molecule has 0 aliphatic rings. The van der Waals surface area contributed by atoms with Gasteiger partial charge in [-0.25, -0.2) is 8.42 Å². The van der Waals surface area contributed by atoms with E-state index >= 15 is 0 Å². The Labute approximate surface area is 57.8 Å². The fourth-order valence-electron chi connectivity index (χ4n) is 0.245. The lowest BCUT2D eigenvalue weighted by Crippen LogP contribution is -2.34. The predicted molar refractivity (Wildman–Crippen MR) is 37.3 cm³/mol. The fourth-order valence-corrected chi connectivity index (χ4v) is 0.735. The number of nitrogens with zero attached hydrogens (tertiary/aromatic N) is 1. The highest BCUT2D eigenvalue weighted by molar-refractivity contribution is 7.70. The van der Waals surface area contributed by atoms with Crippen LogP contribution in [0.3, 0.4) is 0 Å². The Balaban J connectivity index is 4.22. The van der Waals surface area contributed by atoms with Crippen molar-refractivity contribution in [1.82, 2.24) is 4.31 Å². The van der Waals surface area contributed by atoms with Gasteiger partial charge in [0, 0.05) is 12.6 Å². The molecule has 0 aromatic heterocycles. The highest BCUT2D eigenvalue weighted by Crippen LogP contribution is 2.10. The quantitative estimate of drug-likeness (QED) is 0.549. The van der Waals surface area contributed by atoms with E-state index in [2.05, 4.69) is 7.05 Å². The topological polar surface area (TPSA) is 37.4 Å². The molecule has 1 radical (unpaired) electrons. The lowest BCUT2D eigenvalue weighted by Gasteiger charge is -2.25. The van der Waals surface area contributed by atoms with Gasteiger partial charge in [0.05, 0.1) is 0 Å². The van der Waals surface area contributed by atoms with Gasteiger partial charge in [-0.05, 0) is 20.8 Å². The standard InChI is InChI=1S/C5H12NO2S/c1-5(2,3)6(4)9(7)8/h9H,4H2,1-3H3. The normalized spacial score (nSPS) is 13.1. The van der Waals surface area contributed by atoms with Gasteiger partial charge in [0.1, 0.15) is 0 Å². The van der Waals surface area contributed by atoms with Gasteiger partial charge < -0.3 is 0 Å². The summed E-state index contributed by atoms with van der Waals surface area (Å²) in [6.07, 6.45) is 0. The zero-order valence-corrected chi connectivity index (χ0v) is 6.81. The second kappa shape index (κ2) is 2.66. The van der Waals surface area contributed by atoms with Gasteiger partial charge in [-0.3, -0.25) is 0 Å². The van der Waals surface area contributed by atoms with E-state index < -0.39 is 16.4 Å². The van der Waals surface area contributed by atoms with Crippen molar-refractivity contribution in [2.24, 2.45) is 0 Å². The minimum atomic E-state index is -2.53. The maximum atomic E-state index is 10.2. The van der Waals surface area contributed by atoms with Gasteiger partial charge in [0.25, 0.3) is 0 Å². The first kappa shape index (κ1) is 8.91. The third-order valence-electron chi connectivity index (χ3n) is 0.971. The summed E-state index contributed by atoms with van der Waals surface area (Å²) in [5.74, 6) is 0. The first-order valence-corrected chi connectivity index (χ1v) is 3.74. The molecule has 0 spiro atoms. The monoisotopic (exact) mass is 150 g/mol. The minimum Gasteiger partial charge on any atom is -0.215 e. The molecule has 0 N–H and O–H groups in total. The number of thiol groups is 1. The SMILES string of the molecule is [CH2]N([SH](=O)=O)C(C)(C)C. The van der Waals surface area contributed by atoms with E-state index in [0.29, 0.717) is 0 Å². The second-order valence-electron chi connectivity index (χ2n) is 2.81. The highest BCUT2D eigenvalue weighted by atomic mass is 32.2. The summed E-state index contributed by atoms with van der Waals surface area (Å²) in [6.45, 7) is 5.35. The number of hydrogen-bond acceptors (Lipinski definition) is 2. The molecule has 0 bridgehead atoms. The van der Waals surface area contributed by atoms with E-state index in [1.165, 1.54) is 0 Å². The second-order valence-corrected chi connectivity index (χ2v) is 3.77. The van der Waals surface area contributed by atoms with Crippen LogP contribution in [0.15, 0.2) is 0 Å². The fraction of sp³-hybridized carbons (Fsp3) is 0.800. The average molecular weight is 150 g/mol. The van der Waals surface area contributed by atoms with E-state index in [1.54, 1.807) is 20.8 Å². The molecule has 55 valence electrons. The van der Waals surface area contributed by atoms with Gasteiger partial charge in [-0.2, -0.15) is 4.31 Å². The van der Waals surface area contributed by atoms with Gasteiger partial charge in [0.2, 0.25) is 10.9 Å². The van der Waals surface area contributed by atoms with Crippen LogP contribution >= 0.6 is 0 Å². The lowest BCUT2D eigenvalue weighted by atomic mass is 10.1. The van der Waals surface area contributed by atoms with Crippen molar-refractivity contribution in [1.29, 1.82) is 0 Å². The van der Waals surface area contributed by atoms with E-state index in [-0.39, 0.29) is 0 Å². The summed E-state index contributed by atoms with van der Waals surface area (Å²) >= 11 is 0. The Bertz CT molecular complexity index is 149. The Morgan fingerprint density at radius 2 is 1.67 bits per heavy atom. The van der Waals surface area contributed by atoms with Crippen molar-refractivity contribution in [3.63, 3.8) is 0 Å². The van der Waals surface area contributed by atoms with Gasteiger partial charge >= 0.3 is 0 Å². The molecule has 0 fully saturated rings. The zero-order valence-electron chi connectivity index (χ0n) is 5.92. The van der Waals surface area contributed by atoms with Crippen LogP contribution in [-0.2, 0) is 10.9 Å². The van der Waals surface area contributed by atoms with Crippen molar-refractivity contribution < 1.29 is 8.42 Å². The molecule has 0 aliphatic heterocycles. The van der Waals surface area contributed by atoms with Crippen LogP contribution in [-0.4, -0.2) is 18.3 Å². The van der Waals surface area contributed by atoms with E-state index in [0.717, 1.165) is 4.31 Å². The maximum Gasteiger partial charge on any atom is 0.204 e. The molecule has 0 saturated carbocycles. The van der Waals surface area contributed by atoms with Crippen LogP contribution in [0.25, 0.3) is 0 Å². The molecule has 0 aliphatic carbocycles. The third kappa shape index (κ3) is 2.81. The molecule has 0 saturated heterocycles. The highest BCUT2D eigenvalue weighted by Gasteiger charge is 2.18. The summed E-state index contributed by atoms with van der Waals surface area (Å²) in [6, 6.07) is 0. The van der Waals surface area contributed by atoms with Crippen LogP contribution in [0.1, 0.15) is 20.8 Å². The molecule has 3 nitrogen and oxygen atoms in total. The molecule has 0 aromatic carbocycles. The summed E-state index contributed by atoms with van der Waals surface area (Å²) in [7, 11) is 0.818. The molecule has 0 rings (SSSR count). The van der Waals surface area contributed by atoms with Crippen molar-refractivity contribution in [3.05, 3.63) is 7.05 Å². The Kier molecular flexibility index (Phi) is 2.64. The number of hydrogen-bond donors (Lipinski definition) is 1. The van der Waals surface area contributed by atoms with E-state index in [4.69, 9.17) is 0 Å². The third-order valence-corrected chi connectivity index (χ3v) is 1.97. The molecule has 4 heteroatoms. The van der Waals surface area contributed by atoms with Crippen LogP contribution in [0.5, 0.6) is 0 Å². The zero-order chi connectivity index (χ0) is 7.65. The molecule has 0 unspecified atom stereocenters. The summed E-state index contributed by atoms with van der Waals surface area (Å²) in [5.41, 5.74) is -0.394. The molecule has 0 heterocycles. The summed E-state index contributed by atoms with van der Waals surface area (Å²) < 4.78 is 21.6. The van der Waals surface area contributed by atoms with Crippen molar-refractivity contribution in [2.75, 3.05) is 0 Å². The largest absolute Gasteiger partial charge is 0.215 e. The Morgan fingerprint density at radius 1 is 1.33 bits per heavy atom. The Hall–Kier alpha value is -0.0900. The van der Waals surface area contributed by atoms with Crippen LogP contribution in [0, 0.1) is 7.05 Å². The molecule has 0 aromatic rings. The summed E-state index contributed by atoms with van der Waals surface area (Å²) in [5, 5.41) is 0. The molecule has 0 amide bonds. The summed E-state index contributed by atoms with van der Waals surface area (Å²) in [4.78, 5) is 0. The molecular formula is C5H12NO2S. The first-order valence-electron chi connectivity index (χ1n) is 2.60. The number of rotatable bonds is 1. The molecule has 9 heavy (non-hydrogen) atoms. The minimum absolute atomic E-state index is 0.394. The maximum absolute atomic E-state index is 10.2. The van der Waals surface area contributed by atoms with Gasteiger partial charge in [-0.1, -0.05) is 0 Å². The lowest BCUT2D eigenvalue weighted by molar-refractivity contribution is 0.324. The molecule has 0 atom stereocenters. The van der Waals surface area contributed by atoms with Crippen molar-refractivity contribution >= 4 is 10.9 Å². The van der Waals surface area contributed by atoms with E-state index in [9.17, 15) is 8.42 Å². The van der Waals surface area contributed by atoms with Crippen LogP contribution < -0.4 is 0 Å². The van der Waals surface area contributed by atoms with Gasteiger partial charge in [0.15, 0.2) is 0 Å². The van der Waals surface area contributed by atoms with Crippen molar-refractivity contribution in [2.45, 2.75) is 26.3 Å². The van der Waals surface area contributed by atoms with E-state index in [1.807, 2.05) is 0 Å².